The molecule has 0 radical (unpaired) electrons. The van der Waals surface area contributed by atoms with Crippen LogP contribution in [0, 0.1) is 6.92 Å². The summed E-state index contributed by atoms with van der Waals surface area (Å²) >= 11 is 7.67. The largest absolute Gasteiger partial charge is 0.497 e. The van der Waals surface area contributed by atoms with Crippen LogP contribution >= 0.6 is 22.9 Å². The monoisotopic (exact) mass is 346 g/mol. The number of carbonyl (C=O) groups is 1. The molecule has 0 aliphatic heterocycles. The van der Waals surface area contributed by atoms with Gasteiger partial charge in [-0.2, -0.15) is 4.99 Å². The fourth-order valence-electron chi connectivity index (χ4n) is 2.40. The van der Waals surface area contributed by atoms with Crippen molar-refractivity contribution in [1.82, 2.24) is 4.57 Å². The number of aryl methyl sites for hydroxylation is 2. The van der Waals surface area contributed by atoms with Crippen LogP contribution in [0.4, 0.5) is 0 Å². The lowest BCUT2D eigenvalue weighted by Crippen LogP contribution is -2.13. The molecule has 4 nitrogen and oxygen atoms in total. The molecule has 118 valence electrons. The highest BCUT2D eigenvalue weighted by atomic mass is 35.5. The normalized spacial score (nSPS) is 11.9. The molecule has 0 bridgehead atoms. The molecule has 0 aliphatic rings. The molecule has 0 atom stereocenters. The first-order valence-electron chi connectivity index (χ1n) is 6.99. The standard InChI is InChI=1S/C17H15ClN2O2S/c1-10-4-9-13(18)15-14(10)20(2)17(23-15)19-16(21)11-5-7-12(22-3)8-6-11/h4-9H,1-3H3. The first kappa shape index (κ1) is 15.8. The van der Waals surface area contributed by atoms with Gasteiger partial charge in [-0.25, -0.2) is 0 Å². The Morgan fingerprint density at radius 3 is 2.52 bits per heavy atom. The van der Waals surface area contributed by atoms with Gasteiger partial charge in [-0.1, -0.05) is 29.0 Å². The van der Waals surface area contributed by atoms with Crippen molar-refractivity contribution in [3.05, 3.63) is 57.3 Å². The molecule has 3 aromatic rings. The van der Waals surface area contributed by atoms with Crippen LogP contribution in [0.3, 0.4) is 0 Å². The number of hydrogen-bond acceptors (Lipinski definition) is 3. The number of benzene rings is 2. The number of carbonyl (C=O) groups excluding carboxylic acids is 1. The minimum atomic E-state index is -0.288. The predicted molar refractivity (Wildman–Crippen MR) is 93.4 cm³/mol. The van der Waals surface area contributed by atoms with Crippen molar-refractivity contribution in [2.75, 3.05) is 7.11 Å². The molecule has 0 spiro atoms. The number of amides is 1. The van der Waals surface area contributed by atoms with Crippen molar-refractivity contribution in [2.45, 2.75) is 6.92 Å². The van der Waals surface area contributed by atoms with E-state index < -0.39 is 0 Å². The summed E-state index contributed by atoms with van der Waals surface area (Å²) in [4.78, 5) is 17.2. The van der Waals surface area contributed by atoms with Gasteiger partial charge in [0.05, 0.1) is 22.3 Å². The Balaban J connectivity index is 2.10. The van der Waals surface area contributed by atoms with Gasteiger partial charge in [0.15, 0.2) is 4.80 Å². The summed E-state index contributed by atoms with van der Waals surface area (Å²) in [5.74, 6) is 0.417. The molecule has 0 unspecified atom stereocenters. The molecule has 3 rings (SSSR count). The number of ether oxygens (including phenoxy) is 1. The van der Waals surface area contributed by atoms with E-state index in [2.05, 4.69) is 4.99 Å². The molecule has 1 heterocycles. The highest BCUT2D eigenvalue weighted by molar-refractivity contribution is 7.17. The van der Waals surface area contributed by atoms with Gasteiger partial charge in [0.2, 0.25) is 0 Å². The smallest absolute Gasteiger partial charge is 0.279 e. The van der Waals surface area contributed by atoms with E-state index in [1.165, 1.54) is 11.3 Å². The molecule has 2 aromatic carbocycles. The van der Waals surface area contributed by atoms with Crippen LogP contribution in [0.2, 0.25) is 5.02 Å². The van der Waals surface area contributed by atoms with Gasteiger partial charge in [0.25, 0.3) is 5.91 Å². The quantitative estimate of drug-likeness (QED) is 0.705. The molecule has 0 saturated carbocycles. The summed E-state index contributed by atoms with van der Waals surface area (Å²) in [5, 5.41) is 0.671. The van der Waals surface area contributed by atoms with Crippen LogP contribution in [-0.4, -0.2) is 17.6 Å². The Kier molecular flexibility index (Phi) is 4.24. The summed E-state index contributed by atoms with van der Waals surface area (Å²) in [6.45, 7) is 2.01. The van der Waals surface area contributed by atoms with E-state index >= 15 is 0 Å². The van der Waals surface area contributed by atoms with E-state index in [9.17, 15) is 4.79 Å². The number of hydrogen-bond donors (Lipinski definition) is 0. The van der Waals surface area contributed by atoms with Gasteiger partial charge in [-0.05, 0) is 42.8 Å². The highest BCUT2D eigenvalue weighted by Crippen LogP contribution is 2.28. The number of methoxy groups -OCH3 is 1. The lowest BCUT2D eigenvalue weighted by atomic mass is 10.2. The molecule has 0 saturated heterocycles. The molecule has 0 N–H and O–H groups in total. The van der Waals surface area contributed by atoms with Crippen LogP contribution < -0.4 is 9.54 Å². The minimum absolute atomic E-state index is 0.288. The van der Waals surface area contributed by atoms with Gasteiger partial charge >= 0.3 is 0 Å². The average molecular weight is 347 g/mol. The zero-order valence-corrected chi connectivity index (χ0v) is 14.5. The second-order valence-corrected chi connectivity index (χ2v) is 6.52. The molecular weight excluding hydrogens is 332 g/mol. The van der Waals surface area contributed by atoms with E-state index in [0.29, 0.717) is 21.1 Å². The summed E-state index contributed by atoms with van der Waals surface area (Å²) in [5.41, 5.74) is 2.62. The molecule has 0 aliphatic carbocycles. The van der Waals surface area contributed by atoms with Crippen molar-refractivity contribution >= 4 is 39.1 Å². The van der Waals surface area contributed by atoms with Crippen LogP contribution in [0.1, 0.15) is 15.9 Å². The Morgan fingerprint density at radius 2 is 1.91 bits per heavy atom. The topological polar surface area (TPSA) is 43.6 Å². The molecule has 0 fully saturated rings. The second kappa shape index (κ2) is 6.18. The first-order valence-corrected chi connectivity index (χ1v) is 8.18. The van der Waals surface area contributed by atoms with Crippen molar-refractivity contribution in [1.29, 1.82) is 0 Å². The lowest BCUT2D eigenvalue weighted by Gasteiger charge is -2.01. The van der Waals surface area contributed by atoms with Crippen LogP contribution in [0.15, 0.2) is 41.4 Å². The SMILES string of the molecule is COc1ccc(C(=O)N=c2sc3c(Cl)ccc(C)c3n2C)cc1. The maximum absolute atomic E-state index is 12.4. The molecule has 6 heteroatoms. The maximum Gasteiger partial charge on any atom is 0.279 e. The second-order valence-electron chi connectivity index (χ2n) is 5.13. The number of nitrogens with zero attached hydrogens (tertiary/aromatic N) is 2. The zero-order valence-electron chi connectivity index (χ0n) is 13.0. The zero-order chi connectivity index (χ0) is 16.6. The van der Waals surface area contributed by atoms with E-state index in [1.54, 1.807) is 31.4 Å². The van der Waals surface area contributed by atoms with E-state index in [-0.39, 0.29) is 5.91 Å². The molecule has 23 heavy (non-hydrogen) atoms. The Labute approximate surface area is 142 Å². The highest BCUT2D eigenvalue weighted by Gasteiger charge is 2.11. The third-order valence-corrected chi connectivity index (χ3v) is 5.23. The first-order chi connectivity index (χ1) is 11.0. The summed E-state index contributed by atoms with van der Waals surface area (Å²) in [6, 6.07) is 10.7. The van der Waals surface area contributed by atoms with E-state index in [1.807, 2.05) is 30.7 Å². The average Bonchev–Trinajstić information content (AvgIpc) is 2.89. The summed E-state index contributed by atoms with van der Waals surface area (Å²) in [7, 11) is 3.48. The fourth-order valence-corrected chi connectivity index (χ4v) is 3.76. The van der Waals surface area contributed by atoms with Gasteiger partial charge in [-0.3, -0.25) is 4.79 Å². The molecule has 1 aromatic heterocycles. The maximum atomic E-state index is 12.4. The van der Waals surface area contributed by atoms with Gasteiger partial charge in [0.1, 0.15) is 5.75 Å². The van der Waals surface area contributed by atoms with Crippen LogP contribution in [-0.2, 0) is 7.05 Å². The lowest BCUT2D eigenvalue weighted by molar-refractivity contribution is 0.0998. The fraction of sp³-hybridized carbons (Fsp3) is 0.176. The van der Waals surface area contributed by atoms with Crippen molar-refractivity contribution in [3.63, 3.8) is 0 Å². The van der Waals surface area contributed by atoms with Crippen molar-refractivity contribution < 1.29 is 9.53 Å². The number of halogens is 1. The Hall–Kier alpha value is -2.11. The van der Waals surface area contributed by atoms with Gasteiger partial charge in [0, 0.05) is 12.6 Å². The van der Waals surface area contributed by atoms with Gasteiger partial charge < -0.3 is 9.30 Å². The third-order valence-electron chi connectivity index (χ3n) is 3.64. The minimum Gasteiger partial charge on any atom is -0.497 e. The van der Waals surface area contributed by atoms with Crippen molar-refractivity contribution in [3.8, 4) is 5.75 Å². The third kappa shape index (κ3) is 2.90. The van der Waals surface area contributed by atoms with Crippen LogP contribution in [0.25, 0.3) is 10.2 Å². The van der Waals surface area contributed by atoms with Crippen molar-refractivity contribution in [2.24, 2.45) is 12.0 Å². The summed E-state index contributed by atoms with van der Waals surface area (Å²) in [6.07, 6.45) is 0. The van der Waals surface area contributed by atoms with Crippen LogP contribution in [0.5, 0.6) is 5.75 Å². The van der Waals surface area contributed by atoms with E-state index in [4.69, 9.17) is 16.3 Å². The Morgan fingerprint density at radius 1 is 1.22 bits per heavy atom. The van der Waals surface area contributed by atoms with Gasteiger partial charge in [-0.15, -0.1) is 0 Å². The molecular formula is C17H15ClN2O2S. The predicted octanol–water partition coefficient (Wildman–Crippen LogP) is 3.95. The summed E-state index contributed by atoms with van der Waals surface area (Å²) < 4.78 is 7.94. The number of aromatic nitrogens is 1. The van der Waals surface area contributed by atoms with E-state index in [0.717, 1.165) is 15.8 Å². The Bertz CT molecular complexity index is 955. The number of rotatable bonds is 2. The molecule has 1 amide bonds. The number of fused-ring (bicyclic) bond motifs is 1. The number of thiazole rings is 1.